The molecule has 0 radical (unpaired) electrons. The van der Waals surface area contributed by atoms with Crippen LogP contribution in [0.1, 0.15) is 30.9 Å². The molecule has 7 nitrogen and oxygen atoms in total. The van der Waals surface area contributed by atoms with E-state index in [0.29, 0.717) is 17.6 Å². The van der Waals surface area contributed by atoms with E-state index in [2.05, 4.69) is 41.3 Å². The molecule has 1 aromatic carbocycles. The number of hydrogen-bond donors (Lipinski definition) is 0. The van der Waals surface area contributed by atoms with E-state index in [9.17, 15) is 9.59 Å². The molecule has 3 aromatic rings. The van der Waals surface area contributed by atoms with Gasteiger partial charge in [-0.15, -0.1) is 0 Å². The second kappa shape index (κ2) is 7.58. The minimum atomic E-state index is -0.225. The summed E-state index contributed by atoms with van der Waals surface area (Å²) in [6.45, 7) is 2.78. The van der Waals surface area contributed by atoms with Gasteiger partial charge in [-0.3, -0.25) is 18.8 Å². The van der Waals surface area contributed by atoms with E-state index in [1.54, 1.807) is 11.7 Å². The molecule has 1 aliphatic carbocycles. The van der Waals surface area contributed by atoms with Crippen molar-refractivity contribution in [3.63, 3.8) is 0 Å². The van der Waals surface area contributed by atoms with Crippen LogP contribution in [0.2, 0.25) is 0 Å². The van der Waals surface area contributed by atoms with Crippen molar-refractivity contribution in [1.82, 2.24) is 24.2 Å². The van der Waals surface area contributed by atoms with Crippen molar-refractivity contribution in [3.05, 3.63) is 58.3 Å². The van der Waals surface area contributed by atoms with E-state index < -0.39 is 0 Å². The SMILES string of the molecule is CCCN(C(=O)Cn1cnc2c(cnn2C)c1=O)[C@H]1CCc2ccccc2C1. The molecule has 0 fully saturated rings. The average molecular weight is 379 g/mol. The summed E-state index contributed by atoms with van der Waals surface area (Å²) in [5.74, 6) is -0.0293. The van der Waals surface area contributed by atoms with E-state index in [0.717, 1.165) is 25.7 Å². The van der Waals surface area contributed by atoms with Crippen molar-refractivity contribution >= 4 is 16.9 Å². The Kier molecular flexibility index (Phi) is 4.98. The maximum atomic E-state index is 13.1. The van der Waals surface area contributed by atoms with Gasteiger partial charge in [-0.2, -0.15) is 5.10 Å². The Bertz CT molecular complexity index is 1070. The third kappa shape index (κ3) is 3.32. The first-order valence-corrected chi connectivity index (χ1v) is 9.82. The minimum Gasteiger partial charge on any atom is -0.338 e. The smallest absolute Gasteiger partial charge is 0.264 e. The third-order valence-corrected chi connectivity index (χ3v) is 5.57. The van der Waals surface area contributed by atoms with Crippen LogP contribution in [0.4, 0.5) is 0 Å². The number of benzene rings is 1. The maximum absolute atomic E-state index is 13.1. The molecule has 0 saturated carbocycles. The van der Waals surface area contributed by atoms with E-state index >= 15 is 0 Å². The molecule has 1 aliphatic rings. The predicted octanol–water partition coefficient (Wildman–Crippen LogP) is 1.93. The van der Waals surface area contributed by atoms with Gasteiger partial charge in [0.1, 0.15) is 18.3 Å². The Morgan fingerprint density at radius 3 is 2.86 bits per heavy atom. The third-order valence-electron chi connectivity index (χ3n) is 5.57. The second-order valence-electron chi connectivity index (χ2n) is 7.44. The molecule has 0 bridgehead atoms. The van der Waals surface area contributed by atoms with Crippen LogP contribution in [-0.2, 0) is 31.2 Å². The summed E-state index contributed by atoms with van der Waals surface area (Å²) in [7, 11) is 1.74. The fraction of sp³-hybridized carbons (Fsp3) is 0.429. The summed E-state index contributed by atoms with van der Waals surface area (Å²) in [5.41, 5.74) is 3.01. The first-order valence-electron chi connectivity index (χ1n) is 9.82. The van der Waals surface area contributed by atoms with Gasteiger partial charge in [0.05, 0.1) is 6.20 Å². The first-order chi connectivity index (χ1) is 13.6. The molecule has 4 rings (SSSR count). The number of aromatic nitrogens is 4. The van der Waals surface area contributed by atoms with Crippen molar-refractivity contribution in [2.45, 2.75) is 45.2 Å². The number of nitrogens with zero attached hydrogens (tertiary/aromatic N) is 5. The molecule has 0 spiro atoms. The zero-order valence-electron chi connectivity index (χ0n) is 16.3. The number of carbonyl (C=O) groups excluding carboxylic acids is 1. The molecule has 2 aromatic heterocycles. The molecular weight excluding hydrogens is 354 g/mol. The zero-order valence-corrected chi connectivity index (χ0v) is 16.3. The molecule has 0 unspecified atom stereocenters. The number of amides is 1. The van der Waals surface area contributed by atoms with Crippen molar-refractivity contribution < 1.29 is 4.79 Å². The van der Waals surface area contributed by atoms with Crippen LogP contribution in [0.15, 0.2) is 41.6 Å². The van der Waals surface area contributed by atoms with Crippen LogP contribution in [0.25, 0.3) is 11.0 Å². The summed E-state index contributed by atoms with van der Waals surface area (Å²) in [5, 5.41) is 4.52. The monoisotopic (exact) mass is 379 g/mol. The Morgan fingerprint density at radius 2 is 2.07 bits per heavy atom. The molecular formula is C21H25N5O2. The lowest BCUT2D eigenvalue weighted by Gasteiger charge is -2.35. The zero-order chi connectivity index (χ0) is 19.7. The normalized spacial score (nSPS) is 16.1. The van der Waals surface area contributed by atoms with Gasteiger partial charge in [0.15, 0.2) is 5.65 Å². The summed E-state index contributed by atoms with van der Waals surface area (Å²) in [6.07, 6.45) is 6.66. The molecule has 28 heavy (non-hydrogen) atoms. The lowest BCUT2D eigenvalue weighted by Crippen LogP contribution is -2.46. The number of fused-ring (bicyclic) bond motifs is 2. The van der Waals surface area contributed by atoms with E-state index in [1.165, 1.54) is 28.2 Å². The highest BCUT2D eigenvalue weighted by Crippen LogP contribution is 2.25. The second-order valence-corrected chi connectivity index (χ2v) is 7.44. The van der Waals surface area contributed by atoms with Gasteiger partial charge in [-0.25, -0.2) is 4.98 Å². The number of carbonyl (C=O) groups is 1. The van der Waals surface area contributed by atoms with Crippen LogP contribution in [0.5, 0.6) is 0 Å². The largest absolute Gasteiger partial charge is 0.338 e. The molecule has 1 atom stereocenters. The molecule has 0 aliphatic heterocycles. The number of aryl methyl sites for hydroxylation is 2. The van der Waals surface area contributed by atoms with E-state index in [1.807, 2.05) is 4.90 Å². The standard InChI is InChI=1S/C21H25N5O2/c1-3-10-26(17-9-8-15-6-4-5-7-16(15)11-17)19(27)13-25-14-22-20-18(21(25)28)12-23-24(20)2/h4-7,12,14,17H,3,8-11,13H2,1-2H3/t17-/m0/s1. The molecule has 1 amide bonds. The Hall–Kier alpha value is -2.96. The lowest BCUT2D eigenvalue weighted by molar-refractivity contribution is -0.134. The van der Waals surface area contributed by atoms with Gasteiger partial charge in [0, 0.05) is 19.6 Å². The molecule has 0 N–H and O–H groups in total. The van der Waals surface area contributed by atoms with Crippen molar-refractivity contribution in [2.75, 3.05) is 6.54 Å². The number of hydrogen-bond acceptors (Lipinski definition) is 4. The Balaban J connectivity index is 1.56. The Labute approximate surface area is 163 Å². The van der Waals surface area contributed by atoms with Gasteiger partial charge < -0.3 is 4.90 Å². The Morgan fingerprint density at radius 1 is 1.29 bits per heavy atom. The fourth-order valence-electron chi connectivity index (χ4n) is 4.11. The van der Waals surface area contributed by atoms with Gasteiger partial charge in [0.25, 0.3) is 5.56 Å². The predicted molar refractivity (Wildman–Crippen MR) is 107 cm³/mol. The van der Waals surface area contributed by atoms with E-state index in [4.69, 9.17) is 0 Å². The van der Waals surface area contributed by atoms with Crippen LogP contribution >= 0.6 is 0 Å². The highest BCUT2D eigenvalue weighted by molar-refractivity contribution is 5.77. The van der Waals surface area contributed by atoms with E-state index in [-0.39, 0.29) is 24.1 Å². The highest BCUT2D eigenvalue weighted by Gasteiger charge is 2.27. The first kappa shape index (κ1) is 18.4. The average Bonchev–Trinajstić information content (AvgIpc) is 3.09. The van der Waals surface area contributed by atoms with Gasteiger partial charge >= 0.3 is 0 Å². The molecule has 146 valence electrons. The van der Waals surface area contributed by atoms with Crippen molar-refractivity contribution in [1.29, 1.82) is 0 Å². The molecule has 7 heteroatoms. The van der Waals surface area contributed by atoms with Crippen LogP contribution in [0.3, 0.4) is 0 Å². The van der Waals surface area contributed by atoms with Gasteiger partial charge in [-0.05, 0) is 36.8 Å². The quantitative estimate of drug-likeness (QED) is 0.679. The van der Waals surface area contributed by atoms with Crippen molar-refractivity contribution in [2.24, 2.45) is 7.05 Å². The highest BCUT2D eigenvalue weighted by atomic mass is 16.2. The van der Waals surface area contributed by atoms with Crippen LogP contribution in [0, 0.1) is 0 Å². The van der Waals surface area contributed by atoms with Crippen LogP contribution in [-0.4, -0.2) is 42.7 Å². The summed E-state index contributed by atoms with van der Waals surface area (Å²) >= 11 is 0. The topological polar surface area (TPSA) is 73.0 Å². The van der Waals surface area contributed by atoms with Gasteiger partial charge in [-0.1, -0.05) is 31.2 Å². The number of rotatable bonds is 5. The minimum absolute atomic E-state index is 0.00874. The van der Waals surface area contributed by atoms with Crippen LogP contribution < -0.4 is 5.56 Å². The van der Waals surface area contributed by atoms with Crippen molar-refractivity contribution in [3.8, 4) is 0 Å². The molecule has 0 saturated heterocycles. The lowest BCUT2D eigenvalue weighted by atomic mass is 9.87. The summed E-state index contributed by atoms with van der Waals surface area (Å²) < 4.78 is 2.96. The summed E-state index contributed by atoms with van der Waals surface area (Å²) in [4.78, 5) is 32.1. The summed E-state index contributed by atoms with van der Waals surface area (Å²) in [6, 6.07) is 8.63. The fourth-order valence-corrected chi connectivity index (χ4v) is 4.11. The molecule has 2 heterocycles. The maximum Gasteiger partial charge on any atom is 0.264 e. The van der Waals surface area contributed by atoms with Gasteiger partial charge in [0.2, 0.25) is 5.91 Å².